The van der Waals surface area contributed by atoms with Crippen molar-refractivity contribution in [2.45, 2.75) is 64.5 Å². The molecule has 0 aromatic carbocycles. The van der Waals surface area contributed by atoms with Crippen LogP contribution in [0.4, 0.5) is 0 Å². The summed E-state index contributed by atoms with van der Waals surface area (Å²) in [4.78, 5) is 4.86. The molecule has 0 aromatic rings. The van der Waals surface area contributed by atoms with Gasteiger partial charge in [-0.3, -0.25) is 4.99 Å². The average molecular weight is 374 g/mol. The van der Waals surface area contributed by atoms with E-state index in [-0.39, 0.29) is 0 Å². The van der Waals surface area contributed by atoms with Crippen LogP contribution >= 0.6 is 11.8 Å². The summed E-state index contributed by atoms with van der Waals surface area (Å²) >= 11 is 1.97. The maximum Gasteiger partial charge on any atom is 0.0783 e. The van der Waals surface area contributed by atoms with E-state index in [2.05, 4.69) is 50.8 Å². The molecule has 26 heavy (non-hydrogen) atoms. The van der Waals surface area contributed by atoms with Gasteiger partial charge in [-0.1, -0.05) is 49.0 Å². The van der Waals surface area contributed by atoms with Gasteiger partial charge in [-0.25, -0.2) is 0 Å². The lowest BCUT2D eigenvalue weighted by atomic mass is 10.1. The van der Waals surface area contributed by atoms with E-state index in [1.165, 1.54) is 17.0 Å². The van der Waals surface area contributed by atoms with Gasteiger partial charge in [0, 0.05) is 18.8 Å². The van der Waals surface area contributed by atoms with Gasteiger partial charge in [0.1, 0.15) is 0 Å². The number of allylic oxidation sites excluding steroid dienone is 5. The zero-order valence-corrected chi connectivity index (χ0v) is 17.5. The summed E-state index contributed by atoms with van der Waals surface area (Å²) in [6.07, 6.45) is 20.1. The molecule has 1 heterocycles. The van der Waals surface area contributed by atoms with Crippen molar-refractivity contribution in [1.82, 2.24) is 0 Å². The summed E-state index contributed by atoms with van der Waals surface area (Å²) in [7, 11) is 1.78. The number of hydrogen-bond donors (Lipinski definition) is 0. The summed E-state index contributed by atoms with van der Waals surface area (Å²) in [6.45, 7) is 8.31. The molecule has 1 aliphatic carbocycles. The Labute approximate surface area is 164 Å². The molecule has 144 valence electrons. The van der Waals surface area contributed by atoms with E-state index < -0.39 is 0 Å². The van der Waals surface area contributed by atoms with Crippen LogP contribution in [0.2, 0.25) is 0 Å². The van der Waals surface area contributed by atoms with Crippen LogP contribution < -0.4 is 0 Å². The van der Waals surface area contributed by atoms with Crippen molar-refractivity contribution in [3.8, 4) is 0 Å². The van der Waals surface area contributed by atoms with Gasteiger partial charge in [0.2, 0.25) is 0 Å². The monoisotopic (exact) mass is 373 g/mol. The highest BCUT2D eigenvalue weighted by Crippen LogP contribution is 2.44. The zero-order valence-electron chi connectivity index (χ0n) is 16.7. The molecular formula is C23H35NOS. The number of aliphatic imine (C=N–C) groups is 1. The maximum atomic E-state index is 5.45. The second-order valence-electron chi connectivity index (χ2n) is 7.53. The molecule has 0 bridgehead atoms. The summed E-state index contributed by atoms with van der Waals surface area (Å²) in [5, 5.41) is 1.41. The second-order valence-corrected chi connectivity index (χ2v) is 8.57. The SMILES string of the molecule is C=CCC(CC/C(C)=C\C=C\CC/C=C\[C@@H]1CSC(C2CC2C)=N1)OC. The third-order valence-corrected chi connectivity index (χ3v) is 6.33. The first-order valence-corrected chi connectivity index (χ1v) is 11.0. The van der Waals surface area contributed by atoms with Gasteiger partial charge in [0.05, 0.1) is 17.2 Å². The van der Waals surface area contributed by atoms with Crippen molar-refractivity contribution in [3.63, 3.8) is 0 Å². The molecule has 2 rings (SSSR count). The van der Waals surface area contributed by atoms with Crippen LogP contribution in [-0.4, -0.2) is 30.1 Å². The standard InChI is InChI=1S/C23H35NOS/c1-5-11-21(25-4)15-14-18(2)12-9-7-6-8-10-13-20-17-26-23(24-20)22-16-19(22)3/h5,7,9-10,12-13,19-22H,1,6,8,11,14-17H2,2-4H3/b9-7+,13-10-,18-12-/t19?,20-,21?,22?/m1/s1. The molecule has 3 heteroatoms. The Morgan fingerprint density at radius 2 is 2.15 bits per heavy atom. The van der Waals surface area contributed by atoms with Crippen molar-refractivity contribution in [2.24, 2.45) is 16.8 Å². The predicted octanol–water partition coefficient (Wildman–Crippen LogP) is 6.37. The van der Waals surface area contributed by atoms with Crippen molar-refractivity contribution in [2.75, 3.05) is 12.9 Å². The minimum atomic E-state index is 0.296. The van der Waals surface area contributed by atoms with Crippen molar-refractivity contribution in [3.05, 3.63) is 48.6 Å². The molecule has 4 atom stereocenters. The molecule has 2 aliphatic rings. The van der Waals surface area contributed by atoms with Gasteiger partial charge >= 0.3 is 0 Å². The van der Waals surface area contributed by atoms with Gasteiger partial charge in [0.25, 0.3) is 0 Å². The molecule has 1 saturated carbocycles. The number of nitrogens with zero attached hydrogens (tertiary/aromatic N) is 1. The largest absolute Gasteiger partial charge is 0.381 e. The van der Waals surface area contributed by atoms with E-state index in [1.54, 1.807) is 7.11 Å². The first kappa shape index (κ1) is 21.2. The Hall–Kier alpha value is -1.06. The van der Waals surface area contributed by atoms with E-state index in [1.807, 2.05) is 17.8 Å². The summed E-state index contributed by atoms with van der Waals surface area (Å²) in [5.41, 5.74) is 1.40. The normalized spacial score (nSPS) is 27.3. The molecule has 2 nitrogen and oxygen atoms in total. The predicted molar refractivity (Wildman–Crippen MR) is 117 cm³/mol. The van der Waals surface area contributed by atoms with Crippen molar-refractivity contribution < 1.29 is 4.74 Å². The second kappa shape index (κ2) is 11.6. The zero-order chi connectivity index (χ0) is 18.8. The number of hydrogen-bond acceptors (Lipinski definition) is 3. The molecule has 0 aromatic heterocycles. The van der Waals surface area contributed by atoms with E-state index >= 15 is 0 Å². The summed E-state index contributed by atoms with van der Waals surface area (Å²) in [6, 6.07) is 0.415. The number of ether oxygens (including phenoxy) is 1. The van der Waals surface area contributed by atoms with Crippen LogP contribution in [0, 0.1) is 11.8 Å². The molecule has 0 amide bonds. The van der Waals surface area contributed by atoms with Gasteiger partial charge < -0.3 is 4.74 Å². The Bertz CT molecular complexity index is 561. The van der Waals surface area contributed by atoms with Gasteiger partial charge in [-0.2, -0.15) is 0 Å². The van der Waals surface area contributed by atoms with Gasteiger partial charge in [-0.05, 0) is 51.4 Å². The summed E-state index contributed by atoms with van der Waals surface area (Å²) in [5.74, 6) is 2.79. The molecule has 1 aliphatic heterocycles. The van der Waals surface area contributed by atoms with Crippen LogP contribution in [0.1, 0.15) is 52.4 Å². The fraction of sp³-hybridized carbons (Fsp3) is 0.609. The number of thioether (sulfide) groups is 1. The van der Waals surface area contributed by atoms with Gasteiger partial charge in [-0.15, -0.1) is 18.3 Å². The van der Waals surface area contributed by atoms with Crippen LogP contribution in [0.25, 0.3) is 0 Å². The third-order valence-electron chi connectivity index (χ3n) is 5.12. The quantitative estimate of drug-likeness (QED) is 0.225. The van der Waals surface area contributed by atoms with E-state index in [9.17, 15) is 0 Å². The lowest BCUT2D eigenvalue weighted by Gasteiger charge is -2.12. The first-order valence-electron chi connectivity index (χ1n) is 9.97. The van der Waals surface area contributed by atoms with Crippen LogP contribution in [-0.2, 0) is 4.74 Å². The lowest BCUT2D eigenvalue weighted by molar-refractivity contribution is 0.0981. The molecule has 0 N–H and O–H groups in total. The highest BCUT2D eigenvalue weighted by atomic mass is 32.2. The molecule has 0 spiro atoms. The fourth-order valence-corrected chi connectivity index (χ4v) is 4.42. The minimum Gasteiger partial charge on any atom is -0.381 e. The van der Waals surface area contributed by atoms with Crippen molar-refractivity contribution in [1.29, 1.82) is 0 Å². The minimum absolute atomic E-state index is 0.296. The summed E-state index contributed by atoms with van der Waals surface area (Å²) < 4.78 is 5.45. The Morgan fingerprint density at radius 3 is 2.85 bits per heavy atom. The third kappa shape index (κ3) is 7.67. The Balaban J connectivity index is 1.58. The Kier molecular flexibility index (Phi) is 9.49. The molecule has 1 fully saturated rings. The fourth-order valence-electron chi connectivity index (χ4n) is 3.14. The van der Waals surface area contributed by atoms with E-state index in [0.29, 0.717) is 12.1 Å². The average Bonchev–Trinajstić information content (AvgIpc) is 3.18. The first-order chi connectivity index (χ1) is 12.6. The van der Waals surface area contributed by atoms with Gasteiger partial charge in [0.15, 0.2) is 0 Å². The molecule has 0 saturated heterocycles. The molecule has 0 radical (unpaired) electrons. The number of methoxy groups -OCH3 is 1. The maximum absolute atomic E-state index is 5.45. The Morgan fingerprint density at radius 1 is 1.38 bits per heavy atom. The van der Waals surface area contributed by atoms with Crippen LogP contribution in [0.5, 0.6) is 0 Å². The topological polar surface area (TPSA) is 21.6 Å². The highest BCUT2D eigenvalue weighted by molar-refractivity contribution is 8.14. The molecule has 3 unspecified atom stereocenters. The van der Waals surface area contributed by atoms with Crippen LogP contribution in [0.3, 0.4) is 0 Å². The van der Waals surface area contributed by atoms with Crippen LogP contribution in [0.15, 0.2) is 53.6 Å². The number of unbranched alkanes of at least 4 members (excludes halogenated alkanes) is 1. The van der Waals surface area contributed by atoms with E-state index in [0.717, 1.165) is 49.7 Å². The lowest BCUT2D eigenvalue weighted by Crippen LogP contribution is -2.08. The number of rotatable bonds is 12. The van der Waals surface area contributed by atoms with E-state index in [4.69, 9.17) is 9.73 Å². The smallest absolute Gasteiger partial charge is 0.0783 e. The molecular weight excluding hydrogens is 338 g/mol. The highest BCUT2D eigenvalue weighted by Gasteiger charge is 2.39. The van der Waals surface area contributed by atoms with Crippen molar-refractivity contribution >= 4 is 16.8 Å².